The largest absolute Gasteiger partial charge is 0.236 e. The summed E-state index contributed by atoms with van der Waals surface area (Å²) in [5.41, 5.74) is 4.02. The van der Waals surface area contributed by atoms with E-state index in [1.54, 1.807) is 24.4 Å². The summed E-state index contributed by atoms with van der Waals surface area (Å²) < 4.78 is 0. The highest BCUT2D eigenvalue weighted by Gasteiger charge is 2.13. The number of pyridine rings is 1. The summed E-state index contributed by atoms with van der Waals surface area (Å²) in [6.07, 6.45) is 1.65. The van der Waals surface area contributed by atoms with E-state index >= 15 is 0 Å². The molecule has 0 aliphatic rings. The van der Waals surface area contributed by atoms with Gasteiger partial charge in [0.25, 0.3) is 0 Å². The van der Waals surface area contributed by atoms with Crippen LogP contribution >= 0.6 is 11.6 Å². The molecule has 0 atom stereocenters. The van der Waals surface area contributed by atoms with Gasteiger partial charge in [0.2, 0.25) is 0 Å². The fraction of sp³-hybridized carbons (Fsp3) is 0.0952. The monoisotopic (exact) mass is 376 g/mol. The van der Waals surface area contributed by atoms with Crippen molar-refractivity contribution >= 4 is 28.7 Å². The maximum atomic E-state index is 11.1. The van der Waals surface area contributed by atoms with E-state index in [1.807, 2.05) is 55.5 Å². The van der Waals surface area contributed by atoms with E-state index in [1.165, 1.54) is 0 Å². The average Bonchev–Trinajstić information content (AvgIpc) is 2.70. The summed E-state index contributed by atoms with van der Waals surface area (Å²) in [5.74, 6) is 0.478. The Kier molecular flexibility index (Phi) is 6.18. The van der Waals surface area contributed by atoms with Gasteiger partial charge in [-0.15, -0.1) is 10.2 Å². The predicted octanol–water partition coefficient (Wildman–Crippen LogP) is 6.46. The van der Waals surface area contributed by atoms with Gasteiger partial charge in [-0.25, -0.2) is 4.98 Å². The van der Waals surface area contributed by atoms with Gasteiger partial charge in [0.05, 0.1) is 5.70 Å². The first-order chi connectivity index (χ1) is 13.2. The van der Waals surface area contributed by atoms with Gasteiger partial charge in [0, 0.05) is 22.4 Å². The quantitative estimate of drug-likeness (QED) is 0.281. The first-order valence-electron chi connectivity index (χ1n) is 8.35. The lowest BCUT2D eigenvalue weighted by molar-refractivity contribution is 1.15. The molecule has 27 heavy (non-hydrogen) atoms. The van der Waals surface area contributed by atoms with Crippen LogP contribution in [0.3, 0.4) is 0 Å². The number of halogens is 1. The summed E-state index contributed by atoms with van der Waals surface area (Å²) in [7, 11) is 0. The minimum atomic E-state index is -0.0255. The first kappa shape index (κ1) is 18.6. The van der Waals surface area contributed by atoms with Crippen LogP contribution in [0.15, 0.2) is 88.3 Å². The van der Waals surface area contributed by atoms with Crippen LogP contribution in [0.5, 0.6) is 0 Å². The molecule has 3 rings (SSSR count). The maximum absolute atomic E-state index is 11.1. The minimum absolute atomic E-state index is 0.0255. The van der Waals surface area contributed by atoms with Crippen LogP contribution in [-0.2, 0) is 0 Å². The van der Waals surface area contributed by atoms with Crippen LogP contribution < -0.4 is 0 Å². The number of aryl methyl sites for hydroxylation is 1. The number of rotatable bonds is 6. The van der Waals surface area contributed by atoms with E-state index in [9.17, 15) is 4.91 Å². The zero-order valence-electron chi connectivity index (χ0n) is 14.7. The van der Waals surface area contributed by atoms with Crippen molar-refractivity contribution in [3.05, 3.63) is 99.5 Å². The van der Waals surface area contributed by atoms with Crippen molar-refractivity contribution in [2.24, 2.45) is 15.4 Å². The van der Waals surface area contributed by atoms with Gasteiger partial charge in [0.15, 0.2) is 5.82 Å². The minimum Gasteiger partial charge on any atom is -0.236 e. The molecule has 0 amide bonds. The highest BCUT2D eigenvalue weighted by atomic mass is 35.5. The number of nitrogens with zero attached hydrogens (tertiary/aromatic N) is 4. The Bertz CT molecular complexity index is 965. The van der Waals surface area contributed by atoms with E-state index in [4.69, 9.17) is 11.6 Å². The van der Waals surface area contributed by atoms with Crippen LogP contribution in [-0.4, -0.2) is 11.5 Å². The average molecular weight is 377 g/mol. The fourth-order valence-electron chi connectivity index (χ4n) is 2.54. The third-order valence-electron chi connectivity index (χ3n) is 3.93. The van der Waals surface area contributed by atoms with Gasteiger partial charge in [-0.05, 0) is 36.8 Å². The van der Waals surface area contributed by atoms with Gasteiger partial charge in [-0.2, -0.15) is 4.91 Å². The predicted molar refractivity (Wildman–Crippen MR) is 109 cm³/mol. The molecule has 0 radical (unpaired) electrons. The summed E-state index contributed by atoms with van der Waals surface area (Å²) in [6, 6.07) is 20.5. The van der Waals surface area contributed by atoms with Gasteiger partial charge >= 0.3 is 0 Å². The molecule has 0 unspecified atom stereocenters. The molecule has 0 saturated heterocycles. The number of benzene rings is 2. The number of azo groups is 1. The second kappa shape index (κ2) is 8.96. The smallest absolute Gasteiger partial charge is 0.174 e. The molecule has 1 heterocycles. The molecule has 0 bridgehead atoms. The normalized spacial score (nSPS) is 12.1. The van der Waals surface area contributed by atoms with E-state index in [-0.39, 0.29) is 6.54 Å². The van der Waals surface area contributed by atoms with Crippen LogP contribution in [0.1, 0.15) is 16.7 Å². The zero-order valence-corrected chi connectivity index (χ0v) is 15.5. The molecule has 0 spiro atoms. The molecular weight excluding hydrogens is 360 g/mol. The number of hydrogen-bond acceptors (Lipinski definition) is 5. The first-order valence-corrected chi connectivity index (χ1v) is 8.73. The third-order valence-corrected chi connectivity index (χ3v) is 4.18. The lowest BCUT2D eigenvalue weighted by Gasteiger charge is -2.10. The van der Waals surface area contributed by atoms with Crippen molar-refractivity contribution in [3.63, 3.8) is 0 Å². The third kappa shape index (κ3) is 4.92. The maximum Gasteiger partial charge on any atom is 0.174 e. The molecule has 0 aliphatic heterocycles. The van der Waals surface area contributed by atoms with Gasteiger partial charge < -0.3 is 0 Å². The van der Waals surface area contributed by atoms with Crippen molar-refractivity contribution in [3.8, 4) is 0 Å². The van der Waals surface area contributed by atoms with Crippen LogP contribution in [0.2, 0.25) is 5.02 Å². The van der Waals surface area contributed by atoms with Crippen molar-refractivity contribution < 1.29 is 0 Å². The van der Waals surface area contributed by atoms with Gasteiger partial charge in [0.1, 0.15) is 6.54 Å². The van der Waals surface area contributed by atoms with E-state index in [0.717, 1.165) is 16.7 Å². The van der Waals surface area contributed by atoms with Crippen LogP contribution in [0, 0.1) is 11.8 Å². The van der Waals surface area contributed by atoms with Gasteiger partial charge in [-0.1, -0.05) is 64.8 Å². The summed E-state index contributed by atoms with van der Waals surface area (Å²) in [6.45, 7) is 1.98. The number of nitroso groups, excluding NO2 is 1. The van der Waals surface area contributed by atoms with Crippen molar-refractivity contribution in [1.29, 1.82) is 0 Å². The topological polar surface area (TPSA) is 67.0 Å². The second-order valence-electron chi connectivity index (χ2n) is 5.88. The number of hydrogen-bond donors (Lipinski definition) is 0. The Labute approximate surface area is 162 Å². The number of aromatic nitrogens is 1. The van der Waals surface area contributed by atoms with E-state index in [0.29, 0.717) is 22.1 Å². The molecule has 3 aromatic rings. The Morgan fingerprint density at radius 2 is 1.67 bits per heavy atom. The van der Waals surface area contributed by atoms with Crippen LogP contribution in [0.4, 0.5) is 5.82 Å². The summed E-state index contributed by atoms with van der Waals surface area (Å²) in [5, 5.41) is 12.4. The molecule has 0 saturated carbocycles. The summed E-state index contributed by atoms with van der Waals surface area (Å²) in [4.78, 5) is 15.3. The molecule has 0 N–H and O–H groups in total. The highest BCUT2D eigenvalue weighted by Crippen LogP contribution is 2.30. The molecular formula is C21H17ClN4O. The Hall–Kier alpha value is -3.18. The lowest BCUT2D eigenvalue weighted by Crippen LogP contribution is -1.95. The Morgan fingerprint density at radius 3 is 2.30 bits per heavy atom. The Balaban J connectivity index is 2.16. The van der Waals surface area contributed by atoms with Crippen LogP contribution in [0.25, 0.3) is 11.3 Å². The highest BCUT2D eigenvalue weighted by molar-refractivity contribution is 6.30. The molecule has 1 aromatic heterocycles. The fourth-order valence-corrected chi connectivity index (χ4v) is 2.66. The molecule has 2 aromatic carbocycles. The summed E-state index contributed by atoms with van der Waals surface area (Å²) >= 11 is 6.02. The lowest BCUT2D eigenvalue weighted by atomic mass is 9.99. The standard InChI is InChI=1S/C21H17ClN4O/c1-15-5-7-16(8-6-15)19(14-24-27)21(17-9-11-18(22)12-10-17)26-25-20-4-2-3-13-23-20/h2-13H,14H2,1H3. The molecule has 5 nitrogen and oxygen atoms in total. The van der Waals surface area contributed by atoms with E-state index < -0.39 is 0 Å². The van der Waals surface area contributed by atoms with Crippen molar-refractivity contribution in [1.82, 2.24) is 4.98 Å². The van der Waals surface area contributed by atoms with Gasteiger partial charge in [-0.3, -0.25) is 0 Å². The molecule has 134 valence electrons. The molecule has 0 fully saturated rings. The Morgan fingerprint density at radius 1 is 0.963 bits per heavy atom. The SMILES string of the molecule is Cc1ccc(C(CN=O)=C(N=Nc2ccccn2)c2ccc(Cl)cc2)cc1. The molecule has 6 heteroatoms. The van der Waals surface area contributed by atoms with Crippen molar-refractivity contribution in [2.45, 2.75) is 6.92 Å². The van der Waals surface area contributed by atoms with E-state index in [2.05, 4.69) is 20.4 Å². The second-order valence-corrected chi connectivity index (χ2v) is 6.31. The van der Waals surface area contributed by atoms with Crippen molar-refractivity contribution in [2.75, 3.05) is 6.54 Å². The zero-order chi connectivity index (χ0) is 19.1. The molecule has 0 aliphatic carbocycles.